The number of rotatable bonds is 8. The number of anilines is 4. The first-order valence-corrected chi connectivity index (χ1v) is 10.8. The van der Waals surface area contributed by atoms with Crippen LogP contribution < -0.4 is 26.6 Å². The second kappa shape index (κ2) is 10.7. The average molecular weight is 449 g/mol. The van der Waals surface area contributed by atoms with Gasteiger partial charge in [-0.3, -0.25) is 9.78 Å². The van der Waals surface area contributed by atoms with Gasteiger partial charge in [0.25, 0.3) is 5.91 Å². The van der Waals surface area contributed by atoms with Gasteiger partial charge in [0.2, 0.25) is 0 Å². The van der Waals surface area contributed by atoms with Gasteiger partial charge in [-0.05, 0) is 25.2 Å². The maximum absolute atomic E-state index is 13.1. The molecule has 0 spiro atoms. The average Bonchev–Trinajstić information content (AvgIpc) is 2.86. The number of aromatic nitrogens is 3. The van der Waals surface area contributed by atoms with Crippen LogP contribution in [0.1, 0.15) is 10.5 Å². The number of nitrogens with two attached hydrogens (primary N) is 1. The monoisotopic (exact) mass is 448 g/mol. The number of morpholine rings is 1. The van der Waals surface area contributed by atoms with E-state index in [2.05, 4.69) is 35.8 Å². The van der Waals surface area contributed by atoms with Crippen LogP contribution in [0.4, 0.5) is 22.9 Å². The lowest BCUT2D eigenvalue weighted by Gasteiger charge is -2.30. The van der Waals surface area contributed by atoms with E-state index in [1.807, 2.05) is 37.4 Å². The molecule has 4 rings (SSSR count). The maximum atomic E-state index is 13.1. The Balaban J connectivity index is 1.52. The van der Waals surface area contributed by atoms with Gasteiger partial charge in [0, 0.05) is 43.6 Å². The normalized spacial score (nSPS) is 13.5. The quantitative estimate of drug-likeness (QED) is 0.381. The van der Waals surface area contributed by atoms with Crippen molar-refractivity contribution in [1.29, 1.82) is 0 Å². The summed E-state index contributed by atoms with van der Waals surface area (Å²) in [6, 6.07) is 9.67. The van der Waals surface area contributed by atoms with Crippen molar-refractivity contribution in [3.05, 3.63) is 54.6 Å². The lowest BCUT2D eigenvalue weighted by molar-refractivity contribution is 0.102. The lowest BCUT2D eigenvalue weighted by atomic mass is 10.1. The number of nitrogen functional groups attached to an aromatic ring is 1. The van der Waals surface area contributed by atoms with Gasteiger partial charge in [0.05, 0.1) is 42.7 Å². The predicted octanol–water partition coefficient (Wildman–Crippen LogP) is 1.84. The number of hydrogen-bond acceptors (Lipinski definition) is 9. The van der Waals surface area contributed by atoms with Gasteiger partial charge in [-0.15, -0.1) is 0 Å². The number of ether oxygens (including phenoxy) is 1. The van der Waals surface area contributed by atoms with Gasteiger partial charge in [-0.25, -0.2) is 9.97 Å². The Morgan fingerprint density at radius 2 is 1.91 bits per heavy atom. The first kappa shape index (κ1) is 22.4. The van der Waals surface area contributed by atoms with Crippen molar-refractivity contribution in [1.82, 2.24) is 20.3 Å². The molecule has 10 heteroatoms. The third-order valence-corrected chi connectivity index (χ3v) is 5.30. The summed E-state index contributed by atoms with van der Waals surface area (Å²) in [6.45, 7) is 4.45. The molecular formula is C23H28N8O2. The number of amides is 1. The SMILES string of the molecule is CNCCNc1ccc(-c2cnc(N)c(C(=O)Nc3cnccc3N3CCOCC3)n2)cc1. The van der Waals surface area contributed by atoms with E-state index in [4.69, 9.17) is 10.5 Å². The van der Waals surface area contributed by atoms with Gasteiger partial charge < -0.3 is 31.3 Å². The fourth-order valence-corrected chi connectivity index (χ4v) is 3.54. The molecule has 1 saturated heterocycles. The van der Waals surface area contributed by atoms with Crippen LogP contribution in [0, 0.1) is 0 Å². The second-order valence-corrected chi connectivity index (χ2v) is 7.54. The fourth-order valence-electron chi connectivity index (χ4n) is 3.54. The Morgan fingerprint density at radius 1 is 1.12 bits per heavy atom. The van der Waals surface area contributed by atoms with E-state index in [9.17, 15) is 4.79 Å². The highest BCUT2D eigenvalue weighted by atomic mass is 16.5. The number of likely N-dealkylation sites (N-methyl/N-ethyl adjacent to an activating group) is 1. The molecule has 1 fully saturated rings. The van der Waals surface area contributed by atoms with Crippen molar-refractivity contribution in [3.63, 3.8) is 0 Å². The van der Waals surface area contributed by atoms with E-state index in [0.29, 0.717) is 24.6 Å². The summed E-state index contributed by atoms with van der Waals surface area (Å²) in [4.78, 5) is 28.1. The number of benzene rings is 1. The molecule has 5 N–H and O–H groups in total. The molecule has 0 atom stereocenters. The van der Waals surface area contributed by atoms with E-state index in [-0.39, 0.29) is 11.5 Å². The van der Waals surface area contributed by atoms with Crippen LogP contribution in [0.15, 0.2) is 48.9 Å². The molecule has 0 aliphatic carbocycles. The summed E-state index contributed by atoms with van der Waals surface area (Å²) >= 11 is 0. The summed E-state index contributed by atoms with van der Waals surface area (Å²) < 4.78 is 5.43. The molecule has 3 heterocycles. The third-order valence-electron chi connectivity index (χ3n) is 5.30. The Morgan fingerprint density at radius 3 is 2.67 bits per heavy atom. The highest BCUT2D eigenvalue weighted by Gasteiger charge is 2.19. The number of nitrogens with one attached hydrogen (secondary N) is 3. The smallest absolute Gasteiger partial charge is 0.278 e. The molecule has 1 aromatic carbocycles. The van der Waals surface area contributed by atoms with Crippen molar-refractivity contribution in [2.24, 2.45) is 0 Å². The molecule has 0 bridgehead atoms. The summed E-state index contributed by atoms with van der Waals surface area (Å²) in [6.07, 6.45) is 4.89. The molecule has 0 unspecified atom stereocenters. The predicted molar refractivity (Wildman–Crippen MR) is 130 cm³/mol. The van der Waals surface area contributed by atoms with Gasteiger partial charge in [0.15, 0.2) is 11.5 Å². The molecule has 2 aromatic heterocycles. The van der Waals surface area contributed by atoms with Crippen LogP contribution in [-0.2, 0) is 4.74 Å². The minimum atomic E-state index is -0.435. The van der Waals surface area contributed by atoms with Gasteiger partial charge in [0.1, 0.15) is 0 Å². The first-order chi connectivity index (χ1) is 16.2. The van der Waals surface area contributed by atoms with Crippen LogP contribution in [0.25, 0.3) is 11.3 Å². The zero-order valence-corrected chi connectivity index (χ0v) is 18.5. The second-order valence-electron chi connectivity index (χ2n) is 7.54. The molecule has 1 aliphatic rings. The topological polar surface area (TPSA) is 130 Å². The summed E-state index contributed by atoms with van der Waals surface area (Å²) in [5.41, 5.74) is 9.95. The van der Waals surface area contributed by atoms with Crippen LogP contribution in [0.3, 0.4) is 0 Å². The molecule has 10 nitrogen and oxygen atoms in total. The summed E-state index contributed by atoms with van der Waals surface area (Å²) in [5.74, 6) is -0.367. The standard InChI is InChI=1S/C23H28N8O2/c1-25-8-9-27-17-4-2-16(3-5-17)18-15-28-22(24)21(29-18)23(32)30-19-14-26-7-6-20(19)31-10-12-33-13-11-31/h2-7,14-15,25,27H,8-13H2,1H3,(H2,24,28)(H,30,32). The number of nitrogens with zero attached hydrogens (tertiary/aromatic N) is 4. The minimum absolute atomic E-state index is 0.0680. The van der Waals surface area contributed by atoms with E-state index < -0.39 is 5.91 Å². The van der Waals surface area contributed by atoms with Crippen molar-refractivity contribution in [3.8, 4) is 11.3 Å². The summed E-state index contributed by atoms with van der Waals surface area (Å²) in [5, 5.41) is 9.32. The van der Waals surface area contributed by atoms with Crippen LogP contribution in [-0.4, -0.2) is 67.3 Å². The van der Waals surface area contributed by atoms with Gasteiger partial charge >= 0.3 is 0 Å². The van der Waals surface area contributed by atoms with Crippen LogP contribution in [0.5, 0.6) is 0 Å². The zero-order chi connectivity index (χ0) is 23.0. The van der Waals surface area contributed by atoms with E-state index >= 15 is 0 Å². The Hall–Kier alpha value is -3.76. The van der Waals surface area contributed by atoms with Crippen molar-refractivity contribution >= 4 is 28.8 Å². The first-order valence-electron chi connectivity index (χ1n) is 10.8. The van der Waals surface area contributed by atoms with Crippen LogP contribution in [0.2, 0.25) is 0 Å². The van der Waals surface area contributed by atoms with Crippen molar-refractivity contribution in [2.45, 2.75) is 0 Å². The van der Waals surface area contributed by atoms with E-state index in [1.54, 1.807) is 18.6 Å². The molecule has 3 aromatic rings. The van der Waals surface area contributed by atoms with Crippen molar-refractivity contribution < 1.29 is 9.53 Å². The number of carbonyl (C=O) groups is 1. The Kier molecular flexibility index (Phi) is 7.28. The van der Waals surface area contributed by atoms with Gasteiger partial charge in [-0.1, -0.05) is 12.1 Å². The van der Waals surface area contributed by atoms with E-state index in [1.165, 1.54) is 0 Å². The number of pyridine rings is 1. The summed E-state index contributed by atoms with van der Waals surface area (Å²) in [7, 11) is 1.91. The van der Waals surface area contributed by atoms with Crippen LogP contribution >= 0.6 is 0 Å². The van der Waals surface area contributed by atoms with E-state index in [0.717, 1.165) is 43.1 Å². The largest absolute Gasteiger partial charge is 0.384 e. The lowest BCUT2D eigenvalue weighted by Crippen LogP contribution is -2.36. The Bertz CT molecular complexity index is 1080. The maximum Gasteiger partial charge on any atom is 0.278 e. The zero-order valence-electron chi connectivity index (χ0n) is 18.5. The van der Waals surface area contributed by atoms with Gasteiger partial charge in [-0.2, -0.15) is 0 Å². The fraction of sp³-hybridized carbons (Fsp3) is 0.304. The number of hydrogen-bond donors (Lipinski definition) is 4. The molecule has 33 heavy (non-hydrogen) atoms. The molecule has 0 saturated carbocycles. The highest BCUT2D eigenvalue weighted by Crippen LogP contribution is 2.27. The number of carbonyl (C=O) groups excluding carboxylic acids is 1. The molecule has 1 aliphatic heterocycles. The molecular weight excluding hydrogens is 420 g/mol. The highest BCUT2D eigenvalue weighted by molar-refractivity contribution is 6.07. The molecule has 1 amide bonds. The molecule has 172 valence electrons. The minimum Gasteiger partial charge on any atom is -0.384 e. The molecule has 0 radical (unpaired) electrons. The third kappa shape index (κ3) is 5.54. The van der Waals surface area contributed by atoms with Crippen molar-refractivity contribution in [2.75, 3.05) is 67.7 Å². The Labute approximate surface area is 192 Å².